The number of esters is 1. The lowest BCUT2D eigenvalue weighted by atomic mass is 10.3. The topological polar surface area (TPSA) is 69.0 Å². The van der Waals surface area contributed by atoms with Crippen molar-refractivity contribution in [1.29, 1.82) is 0 Å². The predicted molar refractivity (Wildman–Crippen MR) is 78.8 cm³/mol. The fourth-order valence-corrected chi connectivity index (χ4v) is 2.19. The van der Waals surface area contributed by atoms with Crippen LogP contribution in [-0.4, -0.2) is 28.1 Å². The van der Waals surface area contributed by atoms with Gasteiger partial charge in [-0.15, -0.1) is 5.10 Å². The fourth-order valence-electron chi connectivity index (χ4n) is 1.61. The molecule has 100 valence electrons. The van der Waals surface area contributed by atoms with Crippen molar-refractivity contribution in [1.82, 2.24) is 15.0 Å². The molecule has 0 radical (unpaired) electrons. The zero-order valence-corrected chi connectivity index (χ0v) is 12.7. The van der Waals surface area contributed by atoms with E-state index < -0.39 is 5.97 Å². The number of methoxy groups -OCH3 is 1. The first-order valence-corrected chi connectivity index (χ1v) is 6.66. The van der Waals surface area contributed by atoms with E-state index in [2.05, 4.69) is 43.0 Å². The van der Waals surface area contributed by atoms with Crippen molar-refractivity contribution in [3.8, 4) is 0 Å². The third-order valence-corrected chi connectivity index (χ3v) is 3.58. The molecular weight excluding hydrogens is 359 g/mol. The Bertz CT molecular complexity index is 597. The highest BCUT2D eigenvalue weighted by atomic mass is 127. The molecule has 0 aliphatic carbocycles. The lowest BCUT2D eigenvalue weighted by Crippen LogP contribution is -2.12. The number of rotatable bonds is 4. The molecule has 6 nitrogen and oxygen atoms in total. The number of hydrogen-bond donors (Lipinski definition) is 1. The SMILES string of the molecule is COC(=O)c1nnn(C)c1CNc1ccccc1I. The summed E-state index contributed by atoms with van der Waals surface area (Å²) in [5.41, 5.74) is 1.93. The zero-order chi connectivity index (χ0) is 13.8. The molecule has 0 bridgehead atoms. The monoisotopic (exact) mass is 372 g/mol. The molecule has 0 saturated heterocycles. The molecule has 0 amide bonds. The average molecular weight is 372 g/mol. The number of carbonyl (C=O) groups excluding carboxylic acids is 1. The second-order valence-corrected chi connectivity index (χ2v) is 5.00. The van der Waals surface area contributed by atoms with E-state index in [1.54, 1.807) is 11.7 Å². The van der Waals surface area contributed by atoms with Gasteiger partial charge in [-0.3, -0.25) is 0 Å². The maximum Gasteiger partial charge on any atom is 0.360 e. The number of hydrogen-bond acceptors (Lipinski definition) is 5. The normalized spacial score (nSPS) is 10.3. The van der Waals surface area contributed by atoms with E-state index in [0.29, 0.717) is 12.2 Å². The van der Waals surface area contributed by atoms with Crippen LogP contribution in [0.1, 0.15) is 16.2 Å². The fraction of sp³-hybridized carbons (Fsp3) is 0.250. The van der Waals surface area contributed by atoms with Gasteiger partial charge >= 0.3 is 5.97 Å². The molecule has 19 heavy (non-hydrogen) atoms. The number of para-hydroxylation sites is 1. The smallest absolute Gasteiger partial charge is 0.360 e. The van der Waals surface area contributed by atoms with Crippen LogP contribution in [0, 0.1) is 3.57 Å². The molecule has 2 aromatic rings. The van der Waals surface area contributed by atoms with Gasteiger partial charge in [0.2, 0.25) is 0 Å². The Morgan fingerprint density at radius 1 is 1.47 bits per heavy atom. The Labute approximate surface area is 124 Å². The van der Waals surface area contributed by atoms with Crippen molar-refractivity contribution in [3.63, 3.8) is 0 Å². The second kappa shape index (κ2) is 6.00. The summed E-state index contributed by atoms with van der Waals surface area (Å²) in [6, 6.07) is 7.90. The average Bonchev–Trinajstić information content (AvgIpc) is 2.78. The van der Waals surface area contributed by atoms with Crippen molar-refractivity contribution in [2.24, 2.45) is 7.05 Å². The summed E-state index contributed by atoms with van der Waals surface area (Å²) < 4.78 is 7.35. The number of aryl methyl sites for hydroxylation is 1. The summed E-state index contributed by atoms with van der Waals surface area (Å²) in [5.74, 6) is -0.479. The standard InChI is InChI=1S/C12H13IN4O2/c1-17-10(11(15-16-17)12(18)19-2)7-14-9-6-4-3-5-8(9)13/h3-6,14H,7H2,1-2H3. The predicted octanol–water partition coefficient (Wildman–Crippen LogP) is 1.82. The number of aromatic nitrogens is 3. The Balaban J connectivity index is 2.18. The van der Waals surface area contributed by atoms with E-state index in [1.807, 2.05) is 24.3 Å². The lowest BCUT2D eigenvalue weighted by molar-refractivity contribution is 0.0592. The number of nitrogens with one attached hydrogen (secondary N) is 1. The highest BCUT2D eigenvalue weighted by molar-refractivity contribution is 14.1. The summed E-state index contributed by atoms with van der Waals surface area (Å²) >= 11 is 2.25. The van der Waals surface area contributed by atoms with Gasteiger partial charge < -0.3 is 10.1 Å². The van der Waals surface area contributed by atoms with Crippen molar-refractivity contribution < 1.29 is 9.53 Å². The number of halogens is 1. The number of carbonyl (C=O) groups is 1. The molecule has 1 aromatic carbocycles. The molecule has 1 N–H and O–H groups in total. The molecule has 7 heteroatoms. The largest absolute Gasteiger partial charge is 0.464 e. The van der Waals surface area contributed by atoms with Crippen molar-refractivity contribution >= 4 is 34.2 Å². The Hall–Kier alpha value is -1.64. The van der Waals surface area contributed by atoms with Gasteiger partial charge in [-0.25, -0.2) is 9.48 Å². The van der Waals surface area contributed by atoms with E-state index in [1.165, 1.54) is 7.11 Å². The van der Waals surface area contributed by atoms with Crippen molar-refractivity contribution in [2.45, 2.75) is 6.54 Å². The summed E-state index contributed by atoms with van der Waals surface area (Å²) in [6.07, 6.45) is 0. The molecular formula is C12H13IN4O2. The Morgan fingerprint density at radius 3 is 2.89 bits per heavy atom. The molecule has 0 saturated carbocycles. The molecule has 0 atom stereocenters. The van der Waals surface area contributed by atoms with Gasteiger partial charge in [0.1, 0.15) is 0 Å². The van der Waals surface area contributed by atoms with Crippen molar-refractivity contribution in [2.75, 3.05) is 12.4 Å². The maximum absolute atomic E-state index is 11.6. The minimum atomic E-state index is -0.479. The highest BCUT2D eigenvalue weighted by Gasteiger charge is 2.18. The lowest BCUT2D eigenvalue weighted by Gasteiger charge is -2.09. The number of ether oxygens (including phenoxy) is 1. The van der Waals surface area contributed by atoms with Crippen LogP contribution in [0.3, 0.4) is 0 Å². The highest BCUT2D eigenvalue weighted by Crippen LogP contribution is 2.18. The van der Waals surface area contributed by atoms with Gasteiger partial charge in [-0.05, 0) is 34.7 Å². The van der Waals surface area contributed by atoms with Crippen LogP contribution in [0.5, 0.6) is 0 Å². The summed E-state index contributed by atoms with van der Waals surface area (Å²) in [6.45, 7) is 0.452. The van der Waals surface area contributed by atoms with E-state index in [0.717, 1.165) is 9.26 Å². The molecule has 0 aliphatic rings. The molecule has 2 rings (SSSR count). The van der Waals surface area contributed by atoms with Crippen LogP contribution >= 0.6 is 22.6 Å². The molecule has 1 heterocycles. The molecule has 0 unspecified atom stereocenters. The Kier molecular flexibility index (Phi) is 4.35. The molecule has 0 fully saturated rings. The Morgan fingerprint density at radius 2 is 2.21 bits per heavy atom. The van der Waals surface area contributed by atoms with Crippen molar-refractivity contribution in [3.05, 3.63) is 39.2 Å². The third kappa shape index (κ3) is 3.03. The van der Waals surface area contributed by atoms with Gasteiger partial charge in [0.05, 0.1) is 19.3 Å². The van der Waals surface area contributed by atoms with Crippen LogP contribution in [0.4, 0.5) is 5.69 Å². The first-order valence-electron chi connectivity index (χ1n) is 5.58. The quantitative estimate of drug-likeness (QED) is 0.655. The number of benzene rings is 1. The van der Waals surface area contributed by atoms with Gasteiger partial charge in [0, 0.05) is 16.3 Å². The summed E-state index contributed by atoms with van der Waals surface area (Å²) in [4.78, 5) is 11.6. The van der Waals surface area contributed by atoms with E-state index in [-0.39, 0.29) is 5.69 Å². The van der Waals surface area contributed by atoms with Crippen LogP contribution in [0.25, 0.3) is 0 Å². The maximum atomic E-state index is 11.6. The van der Waals surface area contributed by atoms with Crippen LogP contribution in [0.2, 0.25) is 0 Å². The summed E-state index contributed by atoms with van der Waals surface area (Å²) in [5, 5.41) is 10.9. The van der Waals surface area contributed by atoms with Gasteiger partial charge in [0.25, 0.3) is 0 Å². The van der Waals surface area contributed by atoms with Gasteiger partial charge in [0.15, 0.2) is 5.69 Å². The minimum Gasteiger partial charge on any atom is -0.464 e. The van der Waals surface area contributed by atoms with Gasteiger partial charge in [-0.1, -0.05) is 17.3 Å². The van der Waals surface area contributed by atoms with E-state index in [4.69, 9.17) is 0 Å². The molecule has 1 aromatic heterocycles. The molecule has 0 spiro atoms. The van der Waals surface area contributed by atoms with E-state index >= 15 is 0 Å². The third-order valence-electron chi connectivity index (χ3n) is 2.64. The first kappa shape index (κ1) is 13.8. The minimum absolute atomic E-state index is 0.239. The van der Waals surface area contributed by atoms with E-state index in [9.17, 15) is 4.79 Å². The first-order chi connectivity index (χ1) is 9.13. The second-order valence-electron chi connectivity index (χ2n) is 3.83. The van der Waals surface area contributed by atoms with Crippen LogP contribution in [0.15, 0.2) is 24.3 Å². The van der Waals surface area contributed by atoms with Crippen LogP contribution in [-0.2, 0) is 18.3 Å². The zero-order valence-electron chi connectivity index (χ0n) is 10.6. The van der Waals surface area contributed by atoms with Crippen LogP contribution < -0.4 is 5.32 Å². The number of anilines is 1. The summed E-state index contributed by atoms with van der Waals surface area (Å²) in [7, 11) is 3.07. The number of nitrogens with zero attached hydrogens (tertiary/aromatic N) is 3. The molecule has 0 aliphatic heterocycles. The van der Waals surface area contributed by atoms with Gasteiger partial charge in [-0.2, -0.15) is 0 Å².